The van der Waals surface area contributed by atoms with Gasteiger partial charge in [0.15, 0.2) is 12.6 Å². The summed E-state index contributed by atoms with van der Waals surface area (Å²) >= 11 is 0. The average molecular weight is 176 g/mol. The van der Waals surface area contributed by atoms with Gasteiger partial charge in [-0.2, -0.15) is 0 Å². The van der Waals surface area contributed by atoms with Crippen LogP contribution in [0.4, 0.5) is 0 Å². The third-order valence-electron chi connectivity index (χ3n) is 2.13. The third-order valence-corrected chi connectivity index (χ3v) is 2.13. The van der Waals surface area contributed by atoms with Crippen molar-refractivity contribution in [2.24, 2.45) is 5.92 Å². The summed E-state index contributed by atoms with van der Waals surface area (Å²) in [7, 11) is 4.88. The maximum absolute atomic E-state index is 5.32. The molecule has 0 aromatic rings. The fourth-order valence-electron chi connectivity index (χ4n) is 1.53. The van der Waals surface area contributed by atoms with Crippen LogP contribution in [0.1, 0.15) is 6.42 Å². The molecule has 4 heteroatoms. The van der Waals surface area contributed by atoms with Gasteiger partial charge >= 0.3 is 0 Å². The van der Waals surface area contributed by atoms with E-state index in [1.165, 1.54) is 0 Å². The highest BCUT2D eigenvalue weighted by Crippen LogP contribution is 2.26. The van der Waals surface area contributed by atoms with E-state index in [0.717, 1.165) is 6.42 Å². The van der Waals surface area contributed by atoms with Gasteiger partial charge in [-0.05, 0) is 6.42 Å². The maximum Gasteiger partial charge on any atom is 0.164 e. The van der Waals surface area contributed by atoms with Crippen LogP contribution in [0.15, 0.2) is 0 Å². The molecule has 0 saturated carbocycles. The molecule has 0 spiro atoms. The molecule has 12 heavy (non-hydrogen) atoms. The summed E-state index contributed by atoms with van der Waals surface area (Å²) in [4.78, 5) is 0. The SMILES string of the molecule is COC(OC)C1CCOC1OC. The van der Waals surface area contributed by atoms with Gasteiger partial charge in [0.25, 0.3) is 0 Å². The van der Waals surface area contributed by atoms with E-state index in [1.807, 2.05) is 0 Å². The molecule has 72 valence electrons. The van der Waals surface area contributed by atoms with Gasteiger partial charge in [0.1, 0.15) is 0 Å². The zero-order chi connectivity index (χ0) is 8.97. The first-order chi connectivity index (χ1) is 5.83. The van der Waals surface area contributed by atoms with Crippen LogP contribution in [0, 0.1) is 5.92 Å². The van der Waals surface area contributed by atoms with Crippen LogP contribution < -0.4 is 0 Å². The molecule has 0 N–H and O–H groups in total. The lowest BCUT2D eigenvalue weighted by Gasteiger charge is -2.23. The summed E-state index contributed by atoms with van der Waals surface area (Å²) < 4.78 is 20.7. The molecular weight excluding hydrogens is 160 g/mol. The Morgan fingerprint density at radius 2 is 1.92 bits per heavy atom. The van der Waals surface area contributed by atoms with Crippen LogP contribution in [0.25, 0.3) is 0 Å². The molecule has 2 unspecified atom stereocenters. The summed E-state index contributed by atoms with van der Waals surface area (Å²) in [5, 5.41) is 0. The first kappa shape index (κ1) is 9.92. The molecule has 1 fully saturated rings. The topological polar surface area (TPSA) is 36.9 Å². The molecule has 0 radical (unpaired) electrons. The van der Waals surface area contributed by atoms with E-state index >= 15 is 0 Å². The Labute approximate surface area is 72.7 Å². The Balaban J connectivity index is 2.47. The van der Waals surface area contributed by atoms with Gasteiger partial charge in [-0.25, -0.2) is 0 Å². The minimum absolute atomic E-state index is 0.185. The van der Waals surface area contributed by atoms with E-state index in [-0.39, 0.29) is 18.5 Å². The van der Waals surface area contributed by atoms with Gasteiger partial charge in [0, 0.05) is 21.3 Å². The van der Waals surface area contributed by atoms with Crippen LogP contribution in [0.3, 0.4) is 0 Å². The minimum atomic E-state index is -0.225. The average Bonchev–Trinajstić information content (AvgIpc) is 2.55. The van der Waals surface area contributed by atoms with Crippen molar-refractivity contribution in [1.29, 1.82) is 0 Å². The lowest BCUT2D eigenvalue weighted by atomic mass is 10.1. The molecule has 0 aromatic heterocycles. The van der Waals surface area contributed by atoms with Crippen molar-refractivity contribution in [1.82, 2.24) is 0 Å². The monoisotopic (exact) mass is 176 g/mol. The predicted molar refractivity (Wildman–Crippen MR) is 42.7 cm³/mol. The minimum Gasteiger partial charge on any atom is -0.355 e. The number of ether oxygens (including phenoxy) is 4. The van der Waals surface area contributed by atoms with E-state index in [2.05, 4.69) is 0 Å². The largest absolute Gasteiger partial charge is 0.355 e. The second-order valence-electron chi connectivity index (χ2n) is 2.77. The first-order valence-electron chi connectivity index (χ1n) is 4.03. The van der Waals surface area contributed by atoms with Crippen molar-refractivity contribution in [3.8, 4) is 0 Å². The van der Waals surface area contributed by atoms with E-state index < -0.39 is 0 Å². The first-order valence-corrected chi connectivity index (χ1v) is 4.03. The number of hydrogen-bond donors (Lipinski definition) is 0. The molecule has 1 heterocycles. The standard InChI is InChI=1S/C8H16O4/c1-9-7(10-2)6-4-5-12-8(6)11-3/h6-8H,4-5H2,1-3H3. The Morgan fingerprint density at radius 1 is 1.25 bits per heavy atom. The van der Waals surface area contributed by atoms with Crippen molar-refractivity contribution in [2.75, 3.05) is 27.9 Å². The van der Waals surface area contributed by atoms with E-state index in [1.54, 1.807) is 21.3 Å². The zero-order valence-corrected chi connectivity index (χ0v) is 7.78. The van der Waals surface area contributed by atoms with Crippen LogP contribution in [0.2, 0.25) is 0 Å². The Kier molecular flexibility index (Phi) is 3.94. The number of rotatable bonds is 4. The van der Waals surface area contributed by atoms with Crippen molar-refractivity contribution < 1.29 is 18.9 Å². The summed E-state index contributed by atoms with van der Waals surface area (Å²) in [5.74, 6) is 0.185. The van der Waals surface area contributed by atoms with Crippen molar-refractivity contribution >= 4 is 0 Å². The van der Waals surface area contributed by atoms with Gasteiger partial charge in [-0.3, -0.25) is 0 Å². The molecule has 4 nitrogen and oxygen atoms in total. The Morgan fingerprint density at radius 3 is 2.42 bits per heavy atom. The lowest BCUT2D eigenvalue weighted by molar-refractivity contribution is -0.195. The quantitative estimate of drug-likeness (QED) is 0.588. The molecule has 0 amide bonds. The summed E-state index contributed by atoms with van der Waals surface area (Å²) in [5.41, 5.74) is 0. The van der Waals surface area contributed by atoms with E-state index in [4.69, 9.17) is 18.9 Å². The molecule has 0 aromatic carbocycles. The van der Waals surface area contributed by atoms with Crippen molar-refractivity contribution in [3.63, 3.8) is 0 Å². The van der Waals surface area contributed by atoms with Gasteiger partial charge in [-0.1, -0.05) is 0 Å². The second kappa shape index (κ2) is 4.77. The molecule has 1 saturated heterocycles. The summed E-state index contributed by atoms with van der Waals surface area (Å²) in [6, 6.07) is 0. The number of hydrogen-bond acceptors (Lipinski definition) is 4. The van der Waals surface area contributed by atoms with Crippen molar-refractivity contribution in [3.05, 3.63) is 0 Å². The second-order valence-corrected chi connectivity index (χ2v) is 2.77. The fraction of sp³-hybridized carbons (Fsp3) is 1.00. The molecule has 0 aliphatic carbocycles. The predicted octanol–water partition coefficient (Wildman–Crippen LogP) is 0.614. The van der Waals surface area contributed by atoms with Gasteiger partial charge in [-0.15, -0.1) is 0 Å². The van der Waals surface area contributed by atoms with Crippen LogP contribution in [-0.4, -0.2) is 40.5 Å². The van der Waals surface area contributed by atoms with Crippen LogP contribution in [-0.2, 0) is 18.9 Å². The molecule has 1 aliphatic heterocycles. The van der Waals surface area contributed by atoms with E-state index in [0.29, 0.717) is 6.61 Å². The normalized spacial score (nSPS) is 30.0. The van der Waals surface area contributed by atoms with Gasteiger partial charge < -0.3 is 18.9 Å². The highest BCUT2D eigenvalue weighted by atomic mass is 16.7. The number of methoxy groups -OCH3 is 3. The van der Waals surface area contributed by atoms with Crippen molar-refractivity contribution in [2.45, 2.75) is 19.0 Å². The maximum atomic E-state index is 5.32. The molecule has 2 atom stereocenters. The lowest BCUT2D eigenvalue weighted by Crippen LogP contribution is -2.32. The van der Waals surface area contributed by atoms with Gasteiger partial charge in [0.05, 0.1) is 12.5 Å². The summed E-state index contributed by atoms with van der Waals surface area (Å²) in [6.45, 7) is 0.715. The Hall–Kier alpha value is -0.160. The smallest absolute Gasteiger partial charge is 0.164 e. The highest BCUT2D eigenvalue weighted by Gasteiger charge is 2.35. The van der Waals surface area contributed by atoms with E-state index in [9.17, 15) is 0 Å². The zero-order valence-electron chi connectivity index (χ0n) is 7.78. The van der Waals surface area contributed by atoms with Crippen LogP contribution in [0.5, 0.6) is 0 Å². The molecular formula is C8H16O4. The molecule has 1 rings (SSSR count). The Bertz CT molecular complexity index is 124. The fourth-order valence-corrected chi connectivity index (χ4v) is 1.53. The highest BCUT2D eigenvalue weighted by molar-refractivity contribution is 4.72. The molecule has 0 bridgehead atoms. The summed E-state index contributed by atoms with van der Waals surface area (Å²) in [6.07, 6.45) is 0.512. The molecule has 1 aliphatic rings. The van der Waals surface area contributed by atoms with Gasteiger partial charge in [0.2, 0.25) is 0 Å². The third kappa shape index (κ3) is 1.95. The van der Waals surface area contributed by atoms with Crippen LogP contribution >= 0.6 is 0 Å².